The minimum absolute atomic E-state index is 0.151. The molecule has 0 spiro atoms. The van der Waals surface area contributed by atoms with Crippen LogP contribution in [0.3, 0.4) is 0 Å². The van der Waals surface area contributed by atoms with Gasteiger partial charge in [0.15, 0.2) is 0 Å². The van der Waals surface area contributed by atoms with Crippen LogP contribution in [0.25, 0.3) is 0 Å². The summed E-state index contributed by atoms with van der Waals surface area (Å²) in [5.41, 5.74) is 3.20. The van der Waals surface area contributed by atoms with Crippen molar-refractivity contribution in [1.82, 2.24) is 5.43 Å². The molecule has 0 aromatic heterocycles. The monoisotopic (exact) mass is 240 g/mol. The molecule has 1 aromatic rings. The van der Waals surface area contributed by atoms with Gasteiger partial charge in [-0.2, -0.15) is 0 Å². The number of ether oxygens (including phenoxy) is 1. The summed E-state index contributed by atoms with van der Waals surface area (Å²) < 4.78 is 19.4. The fraction of sp³-hybridized carbons (Fsp3) is 0.538. The maximum atomic E-state index is 13.7. The van der Waals surface area contributed by atoms with E-state index >= 15 is 0 Å². The number of hydrazine groups is 1. The molecule has 17 heavy (non-hydrogen) atoms. The van der Waals surface area contributed by atoms with Crippen LogP contribution in [0.4, 0.5) is 4.39 Å². The first-order valence-electron chi connectivity index (χ1n) is 5.94. The third kappa shape index (κ3) is 3.49. The van der Waals surface area contributed by atoms with Gasteiger partial charge >= 0.3 is 0 Å². The predicted molar refractivity (Wildman–Crippen MR) is 66.7 cm³/mol. The van der Waals surface area contributed by atoms with Crippen LogP contribution in [0, 0.1) is 11.7 Å². The summed E-state index contributed by atoms with van der Waals surface area (Å²) in [6, 6.07) is 6.29. The largest absolute Gasteiger partial charge is 0.376 e. The lowest BCUT2D eigenvalue weighted by molar-refractivity contribution is 0.00196. The highest BCUT2D eigenvalue weighted by Crippen LogP contribution is 2.26. The summed E-state index contributed by atoms with van der Waals surface area (Å²) in [7, 11) is 0. The molecule has 4 heteroatoms. The number of hydrogen-bond acceptors (Lipinski definition) is 3. The number of nitrogens with one attached hydrogen (secondary N) is 1. The Bertz CT molecular complexity index is 344. The van der Waals surface area contributed by atoms with Gasteiger partial charge in [0.2, 0.25) is 0 Å². The van der Waals surface area contributed by atoms with Crippen LogP contribution in [0.1, 0.15) is 32.4 Å². The Hall–Kier alpha value is -0.970. The highest BCUT2D eigenvalue weighted by molar-refractivity contribution is 5.22. The highest BCUT2D eigenvalue weighted by atomic mass is 19.1. The van der Waals surface area contributed by atoms with E-state index in [2.05, 4.69) is 5.43 Å². The predicted octanol–water partition coefficient (Wildman–Crippen LogP) is 2.39. The maximum Gasteiger partial charge on any atom is 0.128 e. The topological polar surface area (TPSA) is 47.3 Å². The first-order chi connectivity index (χ1) is 8.11. The fourth-order valence-corrected chi connectivity index (χ4v) is 1.95. The molecule has 2 unspecified atom stereocenters. The van der Waals surface area contributed by atoms with E-state index in [9.17, 15) is 4.39 Å². The standard InChI is InChI=1S/C13H21FN2O/c1-4-17-13(9(2)3)12(16-15)10-7-5-6-8-11(10)14/h5-9,12-13,16H,4,15H2,1-3H3. The van der Waals surface area contributed by atoms with E-state index < -0.39 is 0 Å². The SMILES string of the molecule is CCOC(C(C)C)C(NN)c1ccccc1F. The van der Waals surface area contributed by atoms with E-state index in [0.717, 1.165) is 0 Å². The van der Waals surface area contributed by atoms with Crippen molar-refractivity contribution in [2.75, 3.05) is 6.61 Å². The smallest absolute Gasteiger partial charge is 0.128 e. The molecule has 96 valence electrons. The summed E-state index contributed by atoms with van der Waals surface area (Å²) in [4.78, 5) is 0. The van der Waals surface area contributed by atoms with Gasteiger partial charge in [-0.15, -0.1) is 0 Å². The molecular weight excluding hydrogens is 219 g/mol. The fourth-order valence-electron chi connectivity index (χ4n) is 1.95. The lowest BCUT2D eigenvalue weighted by Crippen LogP contribution is -2.41. The second-order valence-electron chi connectivity index (χ2n) is 4.33. The summed E-state index contributed by atoms with van der Waals surface area (Å²) in [6.07, 6.45) is -0.151. The Balaban J connectivity index is 3.00. The molecule has 0 aliphatic rings. The minimum Gasteiger partial charge on any atom is -0.376 e. The van der Waals surface area contributed by atoms with E-state index in [1.54, 1.807) is 18.2 Å². The second kappa shape index (κ2) is 6.69. The number of nitrogens with two attached hydrogens (primary N) is 1. The Kier molecular flexibility index (Phi) is 5.55. The highest BCUT2D eigenvalue weighted by Gasteiger charge is 2.27. The van der Waals surface area contributed by atoms with Crippen molar-refractivity contribution in [3.63, 3.8) is 0 Å². The van der Waals surface area contributed by atoms with Crippen LogP contribution in [-0.2, 0) is 4.74 Å². The lowest BCUT2D eigenvalue weighted by atomic mass is 9.93. The number of benzene rings is 1. The number of halogens is 1. The van der Waals surface area contributed by atoms with Crippen molar-refractivity contribution in [2.45, 2.75) is 32.9 Å². The summed E-state index contributed by atoms with van der Waals surface area (Å²) >= 11 is 0. The molecule has 1 rings (SSSR count). The number of hydrogen-bond donors (Lipinski definition) is 2. The van der Waals surface area contributed by atoms with Crippen LogP contribution >= 0.6 is 0 Å². The molecule has 0 radical (unpaired) electrons. The molecule has 0 aliphatic carbocycles. The van der Waals surface area contributed by atoms with Gasteiger partial charge in [0.1, 0.15) is 5.82 Å². The number of rotatable bonds is 6. The van der Waals surface area contributed by atoms with E-state index in [-0.39, 0.29) is 23.9 Å². The molecule has 2 atom stereocenters. The summed E-state index contributed by atoms with van der Waals surface area (Å²) in [5.74, 6) is 5.53. The first kappa shape index (κ1) is 14.1. The summed E-state index contributed by atoms with van der Waals surface area (Å²) in [5, 5.41) is 0. The molecule has 0 bridgehead atoms. The van der Waals surface area contributed by atoms with Gasteiger partial charge in [0.25, 0.3) is 0 Å². The van der Waals surface area contributed by atoms with Crippen molar-refractivity contribution in [2.24, 2.45) is 11.8 Å². The Morgan fingerprint density at radius 1 is 1.35 bits per heavy atom. The Morgan fingerprint density at radius 3 is 2.47 bits per heavy atom. The second-order valence-corrected chi connectivity index (χ2v) is 4.33. The molecule has 1 aromatic carbocycles. The van der Waals surface area contributed by atoms with Crippen LogP contribution in [-0.4, -0.2) is 12.7 Å². The van der Waals surface area contributed by atoms with Gasteiger partial charge in [-0.25, -0.2) is 4.39 Å². The molecular formula is C13H21FN2O. The Labute approximate surface area is 102 Å². The average molecular weight is 240 g/mol. The van der Waals surface area contributed by atoms with E-state index in [1.807, 2.05) is 20.8 Å². The maximum absolute atomic E-state index is 13.7. The minimum atomic E-state index is -0.337. The normalized spacial score (nSPS) is 14.9. The molecule has 0 heterocycles. The molecule has 0 fully saturated rings. The van der Waals surface area contributed by atoms with Gasteiger partial charge in [-0.3, -0.25) is 11.3 Å². The summed E-state index contributed by atoms with van der Waals surface area (Å²) in [6.45, 7) is 6.57. The first-order valence-corrected chi connectivity index (χ1v) is 5.94. The van der Waals surface area contributed by atoms with Gasteiger partial charge in [-0.1, -0.05) is 32.0 Å². The van der Waals surface area contributed by atoms with Crippen LogP contribution in [0.2, 0.25) is 0 Å². The zero-order valence-electron chi connectivity index (χ0n) is 10.6. The quantitative estimate of drug-likeness (QED) is 0.593. The molecule has 0 saturated carbocycles. The van der Waals surface area contributed by atoms with Gasteiger partial charge < -0.3 is 4.74 Å². The Morgan fingerprint density at radius 2 is 2.00 bits per heavy atom. The molecule has 0 aliphatic heterocycles. The average Bonchev–Trinajstić information content (AvgIpc) is 2.31. The molecule has 3 N–H and O–H groups in total. The van der Waals surface area contributed by atoms with Crippen molar-refractivity contribution < 1.29 is 9.13 Å². The third-order valence-corrected chi connectivity index (χ3v) is 2.76. The zero-order chi connectivity index (χ0) is 12.8. The van der Waals surface area contributed by atoms with Gasteiger partial charge in [0.05, 0.1) is 12.1 Å². The molecule has 3 nitrogen and oxygen atoms in total. The zero-order valence-corrected chi connectivity index (χ0v) is 10.6. The van der Waals surface area contributed by atoms with Crippen molar-refractivity contribution in [3.8, 4) is 0 Å². The molecule has 0 amide bonds. The van der Waals surface area contributed by atoms with E-state index in [0.29, 0.717) is 12.2 Å². The molecule has 0 saturated heterocycles. The lowest BCUT2D eigenvalue weighted by Gasteiger charge is -2.30. The van der Waals surface area contributed by atoms with Crippen molar-refractivity contribution in [1.29, 1.82) is 0 Å². The van der Waals surface area contributed by atoms with Crippen molar-refractivity contribution in [3.05, 3.63) is 35.6 Å². The van der Waals surface area contributed by atoms with Crippen LogP contribution in [0.15, 0.2) is 24.3 Å². The van der Waals surface area contributed by atoms with E-state index in [1.165, 1.54) is 6.07 Å². The van der Waals surface area contributed by atoms with Crippen LogP contribution in [0.5, 0.6) is 0 Å². The van der Waals surface area contributed by atoms with Gasteiger partial charge in [-0.05, 0) is 18.9 Å². The van der Waals surface area contributed by atoms with E-state index in [4.69, 9.17) is 10.6 Å². The third-order valence-electron chi connectivity index (χ3n) is 2.76. The van der Waals surface area contributed by atoms with Crippen LogP contribution < -0.4 is 11.3 Å². The van der Waals surface area contributed by atoms with Gasteiger partial charge in [0, 0.05) is 12.2 Å². The van der Waals surface area contributed by atoms with Crippen molar-refractivity contribution >= 4 is 0 Å².